The molecule has 9 aromatic rings. The highest BCUT2D eigenvalue weighted by Crippen LogP contribution is 2.62. The summed E-state index contributed by atoms with van der Waals surface area (Å²) in [6, 6.07) is 68.6. The zero-order chi connectivity index (χ0) is 40.0. The Bertz CT molecular complexity index is 3130. The fourth-order valence-electron chi connectivity index (χ4n) is 10.0. The van der Waals surface area contributed by atoms with Crippen LogP contribution in [0.3, 0.4) is 0 Å². The molecule has 284 valence electrons. The minimum absolute atomic E-state index is 0.130. The summed E-state index contributed by atoms with van der Waals surface area (Å²) in [6.07, 6.45) is 0. The van der Waals surface area contributed by atoms with Gasteiger partial charge in [-0.2, -0.15) is 0 Å². The van der Waals surface area contributed by atoms with Crippen LogP contribution in [0.1, 0.15) is 47.2 Å². The first-order valence-electron chi connectivity index (χ1n) is 20.6. The van der Waals surface area contributed by atoms with E-state index in [-0.39, 0.29) is 5.41 Å². The summed E-state index contributed by atoms with van der Waals surface area (Å²) in [5, 5.41) is 0. The number of ether oxygens (including phenoxy) is 2. The van der Waals surface area contributed by atoms with E-state index in [9.17, 15) is 0 Å². The lowest BCUT2D eigenvalue weighted by Gasteiger charge is -2.34. The van der Waals surface area contributed by atoms with E-state index in [1.165, 1.54) is 38.9 Å². The molecule has 60 heavy (non-hydrogen) atoms. The van der Waals surface area contributed by atoms with Crippen molar-refractivity contribution in [3.8, 4) is 79.2 Å². The predicted octanol–water partition coefficient (Wildman–Crippen LogP) is 14.0. The van der Waals surface area contributed by atoms with E-state index < -0.39 is 5.41 Å². The van der Waals surface area contributed by atoms with Gasteiger partial charge < -0.3 is 9.47 Å². The summed E-state index contributed by atoms with van der Waals surface area (Å²) < 4.78 is 13.8. The molecule has 0 bridgehead atoms. The van der Waals surface area contributed by atoms with Gasteiger partial charge in [0, 0.05) is 27.7 Å². The maximum Gasteiger partial charge on any atom is 0.178 e. The third-order valence-corrected chi connectivity index (χ3v) is 12.8. The molecule has 0 saturated heterocycles. The molecule has 0 amide bonds. The first kappa shape index (κ1) is 34.5. The number of hydrogen-bond acceptors (Lipinski definition) is 4. The van der Waals surface area contributed by atoms with Crippen LogP contribution in [-0.2, 0) is 10.8 Å². The molecule has 2 heterocycles. The Hall–Kier alpha value is -7.56. The molecule has 2 aliphatic carbocycles. The summed E-state index contributed by atoms with van der Waals surface area (Å²) in [5.41, 5.74) is 16.1. The van der Waals surface area contributed by atoms with Gasteiger partial charge in [-0.1, -0.05) is 172 Å². The standard InChI is InChI=1S/C56H38N2O2/c1-55(2)43-24-14-12-22-40(43)41-28-26-36(32-46(41)55)47-34-48(58-54(57-47)35-16-6-3-7-17-35)37-27-30-49-51(33-37)60-53-50(59-49)31-29-45-52(53)42-23-13-15-25-44(42)56(45,38-18-8-4-9-19-38)39-20-10-5-11-21-39/h3-34H,1-2H3. The van der Waals surface area contributed by atoms with E-state index in [0.29, 0.717) is 28.8 Å². The first-order valence-corrected chi connectivity index (χ1v) is 20.6. The lowest BCUT2D eigenvalue weighted by atomic mass is 9.68. The average molecular weight is 771 g/mol. The van der Waals surface area contributed by atoms with Crippen molar-refractivity contribution in [2.75, 3.05) is 0 Å². The van der Waals surface area contributed by atoms with E-state index in [1.807, 2.05) is 24.3 Å². The number of aromatic nitrogens is 2. The fraction of sp³-hybridized carbons (Fsp3) is 0.0714. The van der Waals surface area contributed by atoms with Gasteiger partial charge in [-0.25, -0.2) is 9.97 Å². The maximum atomic E-state index is 7.07. The van der Waals surface area contributed by atoms with Gasteiger partial charge in [-0.05, 0) is 86.5 Å². The molecule has 3 aliphatic rings. The van der Waals surface area contributed by atoms with Crippen LogP contribution in [0.2, 0.25) is 0 Å². The molecule has 12 rings (SSSR count). The highest BCUT2D eigenvalue weighted by atomic mass is 16.6. The lowest BCUT2D eigenvalue weighted by Crippen LogP contribution is -2.28. The van der Waals surface area contributed by atoms with Gasteiger partial charge in [0.2, 0.25) is 0 Å². The van der Waals surface area contributed by atoms with Gasteiger partial charge >= 0.3 is 0 Å². The lowest BCUT2D eigenvalue weighted by molar-refractivity contribution is 0.360. The number of hydrogen-bond donors (Lipinski definition) is 0. The molecule has 0 saturated carbocycles. The number of rotatable bonds is 5. The molecular weight excluding hydrogens is 733 g/mol. The molecule has 1 aromatic heterocycles. The van der Waals surface area contributed by atoms with Crippen LogP contribution in [0.25, 0.3) is 56.2 Å². The molecule has 0 radical (unpaired) electrons. The second-order valence-corrected chi connectivity index (χ2v) is 16.5. The van der Waals surface area contributed by atoms with Crippen LogP contribution in [0, 0.1) is 0 Å². The van der Waals surface area contributed by atoms with Crippen molar-refractivity contribution in [2.45, 2.75) is 24.7 Å². The van der Waals surface area contributed by atoms with Crippen molar-refractivity contribution in [3.05, 3.63) is 228 Å². The van der Waals surface area contributed by atoms with E-state index in [0.717, 1.165) is 44.8 Å². The molecule has 4 nitrogen and oxygen atoms in total. The Labute approximate surface area is 349 Å². The Morgan fingerprint density at radius 1 is 0.383 bits per heavy atom. The largest absolute Gasteiger partial charge is 0.449 e. The van der Waals surface area contributed by atoms with Crippen LogP contribution in [0.15, 0.2) is 194 Å². The smallest absolute Gasteiger partial charge is 0.178 e. The van der Waals surface area contributed by atoms with Crippen LogP contribution in [-0.4, -0.2) is 9.97 Å². The van der Waals surface area contributed by atoms with Crippen LogP contribution < -0.4 is 9.47 Å². The quantitative estimate of drug-likeness (QED) is 0.175. The van der Waals surface area contributed by atoms with Gasteiger partial charge in [0.05, 0.1) is 16.8 Å². The van der Waals surface area contributed by atoms with Crippen molar-refractivity contribution < 1.29 is 9.47 Å². The second-order valence-electron chi connectivity index (χ2n) is 16.5. The van der Waals surface area contributed by atoms with E-state index >= 15 is 0 Å². The van der Waals surface area contributed by atoms with Gasteiger partial charge in [-0.3, -0.25) is 0 Å². The SMILES string of the molecule is CC1(C)c2ccccc2-c2ccc(-c3cc(-c4ccc5c(c4)Oc4c(ccc6c4-c4ccccc4C6(c4ccccc4)c4ccccc4)O5)nc(-c4ccccc4)n3)cc21. The molecule has 1 aliphatic heterocycles. The predicted molar refractivity (Wildman–Crippen MR) is 240 cm³/mol. The van der Waals surface area contributed by atoms with Crippen molar-refractivity contribution in [1.29, 1.82) is 0 Å². The normalized spacial score (nSPS) is 14.4. The minimum atomic E-state index is -0.546. The van der Waals surface area contributed by atoms with Crippen molar-refractivity contribution >= 4 is 0 Å². The Balaban J connectivity index is 0.995. The summed E-state index contributed by atoms with van der Waals surface area (Å²) in [5.74, 6) is 3.37. The minimum Gasteiger partial charge on any atom is -0.449 e. The third-order valence-electron chi connectivity index (χ3n) is 12.8. The molecule has 4 heteroatoms. The topological polar surface area (TPSA) is 44.2 Å². The third kappa shape index (κ3) is 4.97. The average Bonchev–Trinajstić information content (AvgIpc) is 3.74. The molecule has 8 aromatic carbocycles. The highest BCUT2D eigenvalue weighted by molar-refractivity contribution is 5.92. The van der Waals surface area contributed by atoms with Crippen molar-refractivity contribution in [3.63, 3.8) is 0 Å². The Kier molecular flexibility index (Phi) is 7.45. The van der Waals surface area contributed by atoms with E-state index in [1.54, 1.807) is 0 Å². The van der Waals surface area contributed by atoms with Gasteiger partial charge in [-0.15, -0.1) is 0 Å². The van der Waals surface area contributed by atoms with Crippen molar-refractivity contribution in [2.24, 2.45) is 0 Å². The van der Waals surface area contributed by atoms with Crippen molar-refractivity contribution in [1.82, 2.24) is 9.97 Å². The highest BCUT2D eigenvalue weighted by Gasteiger charge is 2.48. The van der Waals surface area contributed by atoms with Gasteiger partial charge in [0.15, 0.2) is 28.8 Å². The molecule has 0 spiro atoms. The van der Waals surface area contributed by atoms with Gasteiger partial charge in [0.25, 0.3) is 0 Å². The number of nitrogens with zero attached hydrogens (tertiary/aromatic N) is 2. The number of benzene rings is 8. The molecule has 0 unspecified atom stereocenters. The zero-order valence-electron chi connectivity index (χ0n) is 33.2. The molecular formula is C56H38N2O2. The molecule has 0 N–H and O–H groups in total. The van der Waals surface area contributed by atoms with Crippen LogP contribution in [0.4, 0.5) is 0 Å². The Morgan fingerprint density at radius 3 is 1.67 bits per heavy atom. The molecule has 0 atom stereocenters. The first-order chi connectivity index (χ1) is 29.5. The van der Waals surface area contributed by atoms with Crippen LogP contribution >= 0.6 is 0 Å². The van der Waals surface area contributed by atoms with E-state index in [2.05, 4.69) is 184 Å². The summed E-state index contributed by atoms with van der Waals surface area (Å²) >= 11 is 0. The fourth-order valence-corrected chi connectivity index (χ4v) is 10.0. The molecule has 0 fully saturated rings. The van der Waals surface area contributed by atoms with E-state index in [4.69, 9.17) is 19.4 Å². The van der Waals surface area contributed by atoms with Crippen LogP contribution in [0.5, 0.6) is 23.0 Å². The monoisotopic (exact) mass is 770 g/mol. The summed E-state index contributed by atoms with van der Waals surface area (Å²) in [6.45, 7) is 4.62. The van der Waals surface area contributed by atoms with Gasteiger partial charge in [0.1, 0.15) is 0 Å². The Morgan fingerprint density at radius 2 is 0.950 bits per heavy atom. The summed E-state index contributed by atoms with van der Waals surface area (Å²) in [7, 11) is 0. The zero-order valence-corrected chi connectivity index (χ0v) is 33.2. The summed E-state index contributed by atoms with van der Waals surface area (Å²) in [4.78, 5) is 10.4. The number of fused-ring (bicyclic) bond motifs is 9. The maximum absolute atomic E-state index is 7.07. The second kappa shape index (κ2) is 13.0.